The van der Waals surface area contributed by atoms with E-state index in [4.69, 9.17) is 10.5 Å². The average Bonchev–Trinajstić information content (AvgIpc) is 2.60. The van der Waals surface area contributed by atoms with Gasteiger partial charge in [-0.25, -0.2) is 9.97 Å². The van der Waals surface area contributed by atoms with Crippen molar-refractivity contribution in [3.63, 3.8) is 0 Å². The highest BCUT2D eigenvalue weighted by molar-refractivity contribution is 5.95. The van der Waals surface area contributed by atoms with E-state index >= 15 is 0 Å². The number of aromatic nitrogens is 2. The summed E-state index contributed by atoms with van der Waals surface area (Å²) in [5.74, 6) is -0.517. The van der Waals surface area contributed by atoms with Crippen LogP contribution in [-0.2, 0) is 4.79 Å². The van der Waals surface area contributed by atoms with Crippen molar-refractivity contribution in [2.75, 3.05) is 11.9 Å². The van der Waals surface area contributed by atoms with Gasteiger partial charge >= 0.3 is 0 Å². The number of amides is 2. The van der Waals surface area contributed by atoms with Crippen molar-refractivity contribution in [1.29, 1.82) is 0 Å². The van der Waals surface area contributed by atoms with Crippen molar-refractivity contribution in [2.45, 2.75) is 0 Å². The molecule has 1 aromatic heterocycles. The number of para-hydroxylation sites is 1. The fourth-order valence-electron chi connectivity index (χ4n) is 2.14. The second-order valence-electron chi connectivity index (χ2n) is 4.97. The molecule has 0 saturated heterocycles. The smallest absolute Gasteiger partial charge is 0.262 e. The molecule has 0 aliphatic heterocycles. The first-order valence-electron chi connectivity index (χ1n) is 7.16. The minimum absolute atomic E-state index is 0.196. The van der Waals surface area contributed by atoms with E-state index < -0.39 is 5.91 Å². The minimum atomic E-state index is -0.521. The van der Waals surface area contributed by atoms with Gasteiger partial charge in [-0.3, -0.25) is 9.59 Å². The molecule has 0 saturated carbocycles. The van der Waals surface area contributed by atoms with Crippen LogP contribution < -0.4 is 15.8 Å². The van der Waals surface area contributed by atoms with Gasteiger partial charge in [0.25, 0.3) is 5.91 Å². The molecule has 0 spiro atoms. The van der Waals surface area contributed by atoms with Gasteiger partial charge in [0.1, 0.15) is 6.33 Å². The Kier molecular flexibility index (Phi) is 4.33. The summed E-state index contributed by atoms with van der Waals surface area (Å²) in [6.45, 7) is -0.196. The highest BCUT2D eigenvalue weighted by atomic mass is 16.5. The van der Waals surface area contributed by atoms with Crippen LogP contribution in [0.5, 0.6) is 5.88 Å². The zero-order valence-corrected chi connectivity index (χ0v) is 12.6. The molecule has 0 fully saturated rings. The van der Waals surface area contributed by atoms with Crippen molar-refractivity contribution in [3.05, 3.63) is 60.4 Å². The van der Waals surface area contributed by atoms with Gasteiger partial charge in [0, 0.05) is 11.3 Å². The molecule has 0 radical (unpaired) electrons. The van der Waals surface area contributed by atoms with Gasteiger partial charge < -0.3 is 15.8 Å². The fourth-order valence-corrected chi connectivity index (χ4v) is 2.14. The monoisotopic (exact) mass is 322 g/mol. The molecule has 0 bridgehead atoms. The Balaban J connectivity index is 1.64. The Labute approximate surface area is 137 Å². The Morgan fingerprint density at radius 1 is 1.04 bits per heavy atom. The maximum absolute atomic E-state index is 12.0. The molecule has 7 heteroatoms. The molecule has 0 aliphatic rings. The lowest BCUT2D eigenvalue weighted by molar-refractivity contribution is -0.118. The molecule has 2 amide bonds. The molecule has 1 heterocycles. The highest BCUT2D eigenvalue weighted by Crippen LogP contribution is 2.20. The van der Waals surface area contributed by atoms with Crippen LogP contribution >= 0.6 is 0 Å². The van der Waals surface area contributed by atoms with E-state index in [0.717, 1.165) is 10.9 Å². The number of benzene rings is 2. The molecule has 2 aromatic carbocycles. The Morgan fingerprint density at radius 2 is 1.79 bits per heavy atom. The van der Waals surface area contributed by atoms with Crippen LogP contribution in [0.15, 0.2) is 54.9 Å². The lowest BCUT2D eigenvalue weighted by Crippen LogP contribution is -2.20. The predicted molar refractivity (Wildman–Crippen MR) is 88.6 cm³/mol. The topological polar surface area (TPSA) is 107 Å². The molecule has 0 unspecified atom stereocenters. The number of ether oxygens (including phenoxy) is 1. The zero-order valence-electron chi connectivity index (χ0n) is 12.6. The van der Waals surface area contributed by atoms with Gasteiger partial charge in [0.05, 0.1) is 10.9 Å². The van der Waals surface area contributed by atoms with E-state index in [1.807, 2.05) is 24.3 Å². The molecule has 0 aliphatic carbocycles. The number of nitrogens with two attached hydrogens (primary N) is 1. The number of carbonyl (C=O) groups is 2. The molecule has 3 aromatic rings. The third-order valence-electron chi connectivity index (χ3n) is 3.30. The van der Waals surface area contributed by atoms with Crippen molar-refractivity contribution in [2.24, 2.45) is 5.73 Å². The van der Waals surface area contributed by atoms with Crippen LogP contribution in [0, 0.1) is 0 Å². The molecule has 7 nitrogen and oxygen atoms in total. The van der Waals surface area contributed by atoms with Crippen molar-refractivity contribution >= 4 is 28.4 Å². The summed E-state index contributed by atoms with van der Waals surface area (Å²) in [5, 5.41) is 3.40. The number of primary amides is 1. The van der Waals surface area contributed by atoms with Crippen molar-refractivity contribution in [3.8, 4) is 5.88 Å². The molecule has 3 rings (SSSR count). The predicted octanol–water partition coefficient (Wildman–Crippen LogP) is 1.75. The van der Waals surface area contributed by atoms with Crippen LogP contribution in [0.3, 0.4) is 0 Å². The van der Waals surface area contributed by atoms with Gasteiger partial charge in [-0.05, 0) is 36.4 Å². The maximum Gasteiger partial charge on any atom is 0.262 e. The first-order chi connectivity index (χ1) is 11.6. The summed E-state index contributed by atoms with van der Waals surface area (Å²) in [5.41, 5.74) is 6.82. The van der Waals surface area contributed by atoms with Gasteiger partial charge in [0.15, 0.2) is 6.61 Å². The molecule has 24 heavy (non-hydrogen) atoms. The zero-order chi connectivity index (χ0) is 16.9. The van der Waals surface area contributed by atoms with Crippen molar-refractivity contribution < 1.29 is 14.3 Å². The van der Waals surface area contributed by atoms with E-state index in [-0.39, 0.29) is 12.5 Å². The lowest BCUT2D eigenvalue weighted by atomic mass is 10.2. The fraction of sp³-hybridized carbons (Fsp3) is 0.0588. The summed E-state index contributed by atoms with van der Waals surface area (Å²) in [6, 6.07) is 13.6. The maximum atomic E-state index is 12.0. The summed E-state index contributed by atoms with van der Waals surface area (Å²) in [6.07, 6.45) is 1.39. The van der Waals surface area contributed by atoms with E-state index in [9.17, 15) is 9.59 Å². The van der Waals surface area contributed by atoms with Crippen LogP contribution in [0.1, 0.15) is 10.4 Å². The Bertz CT molecular complexity index is 888. The number of fused-ring (bicyclic) bond motifs is 1. The SMILES string of the molecule is NC(=O)c1ccc(NC(=O)COc2ncnc3ccccc23)cc1. The van der Waals surface area contributed by atoms with E-state index in [0.29, 0.717) is 17.1 Å². The van der Waals surface area contributed by atoms with Crippen LogP contribution in [0.2, 0.25) is 0 Å². The summed E-state index contributed by atoms with van der Waals surface area (Å²) in [4.78, 5) is 31.2. The quantitative estimate of drug-likeness (QED) is 0.744. The Morgan fingerprint density at radius 3 is 2.54 bits per heavy atom. The minimum Gasteiger partial charge on any atom is -0.467 e. The van der Waals surface area contributed by atoms with Gasteiger partial charge in [0.2, 0.25) is 11.8 Å². The third kappa shape index (κ3) is 3.46. The van der Waals surface area contributed by atoms with Crippen LogP contribution in [0.25, 0.3) is 10.9 Å². The Hall–Kier alpha value is -3.48. The van der Waals surface area contributed by atoms with Crippen molar-refractivity contribution in [1.82, 2.24) is 9.97 Å². The van der Waals surface area contributed by atoms with Gasteiger partial charge in [-0.1, -0.05) is 12.1 Å². The second-order valence-corrected chi connectivity index (χ2v) is 4.97. The molecular formula is C17H14N4O3. The molecular weight excluding hydrogens is 308 g/mol. The summed E-state index contributed by atoms with van der Waals surface area (Å²) >= 11 is 0. The summed E-state index contributed by atoms with van der Waals surface area (Å²) in [7, 11) is 0. The van der Waals surface area contributed by atoms with Gasteiger partial charge in [-0.2, -0.15) is 0 Å². The number of nitrogens with zero attached hydrogens (tertiary/aromatic N) is 2. The standard InChI is InChI=1S/C17H14N4O3/c18-16(23)11-5-7-12(8-6-11)21-15(22)9-24-17-13-3-1-2-4-14(13)19-10-20-17/h1-8,10H,9H2,(H2,18,23)(H,21,22). The summed E-state index contributed by atoms with van der Waals surface area (Å²) < 4.78 is 5.48. The number of hydrogen-bond acceptors (Lipinski definition) is 5. The van der Waals surface area contributed by atoms with Crippen LogP contribution in [0.4, 0.5) is 5.69 Å². The van der Waals surface area contributed by atoms with Crippen LogP contribution in [-0.4, -0.2) is 28.4 Å². The highest BCUT2D eigenvalue weighted by Gasteiger charge is 2.08. The number of carbonyl (C=O) groups excluding carboxylic acids is 2. The number of rotatable bonds is 5. The van der Waals surface area contributed by atoms with Gasteiger partial charge in [-0.15, -0.1) is 0 Å². The normalized spacial score (nSPS) is 10.3. The average molecular weight is 322 g/mol. The number of anilines is 1. The molecule has 120 valence electrons. The van der Waals surface area contributed by atoms with E-state index in [1.165, 1.54) is 18.5 Å². The molecule has 0 atom stereocenters. The first-order valence-corrected chi connectivity index (χ1v) is 7.16. The first kappa shape index (κ1) is 15.4. The lowest BCUT2D eigenvalue weighted by Gasteiger charge is -2.08. The second kappa shape index (κ2) is 6.74. The van der Waals surface area contributed by atoms with E-state index in [1.54, 1.807) is 12.1 Å². The number of hydrogen-bond donors (Lipinski definition) is 2. The third-order valence-corrected chi connectivity index (χ3v) is 3.30. The largest absolute Gasteiger partial charge is 0.467 e. The number of nitrogens with one attached hydrogen (secondary N) is 1. The molecule has 3 N–H and O–H groups in total. The van der Waals surface area contributed by atoms with E-state index in [2.05, 4.69) is 15.3 Å².